The minimum Gasteiger partial charge on any atom is -0.493 e. The van der Waals surface area contributed by atoms with Crippen molar-refractivity contribution in [3.05, 3.63) is 73.7 Å². The van der Waals surface area contributed by atoms with Gasteiger partial charge in [0.15, 0.2) is 11.5 Å². The van der Waals surface area contributed by atoms with Crippen molar-refractivity contribution in [3.63, 3.8) is 0 Å². The Morgan fingerprint density at radius 3 is 2.33 bits per heavy atom. The summed E-state index contributed by atoms with van der Waals surface area (Å²) in [5.41, 5.74) is 2.78. The van der Waals surface area contributed by atoms with Gasteiger partial charge in [0.25, 0.3) is 0 Å². The number of aliphatic carboxylic acids is 1. The predicted octanol–water partition coefficient (Wildman–Crippen LogP) is 4.44. The number of hydrogen-bond donors (Lipinski definition) is 2. The molecular weight excluding hydrogens is 422 g/mol. The number of ether oxygens (including phenoxy) is 2. The molecule has 0 radical (unpaired) electrons. The van der Waals surface area contributed by atoms with Crippen molar-refractivity contribution in [1.29, 1.82) is 0 Å². The molecule has 0 fully saturated rings. The average molecular weight is 444 g/mol. The number of benzene rings is 2. The first-order chi connectivity index (χ1) is 14.4. The first-order valence-electron chi connectivity index (χ1n) is 9.34. The second kappa shape index (κ2) is 8.20. The maximum Gasteiger partial charge on any atom is 0.308 e. The normalized spacial score (nSPS) is 20.4. The van der Waals surface area contributed by atoms with E-state index in [1.54, 1.807) is 20.3 Å². The van der Waals surface area contributed by atoms with Crippen LogP contribution in [0.3, 0.4) is 0 Å². The number of aryl methyl sites for hydroxylation is 1. The zero-order valence-corrected chi connectivity index (χ0v) is 18.3. The van der Waals surface area contributed by atoms with Crippen LogP contribution in [0.25, 0.3) is 0 Å². The summed E-state index contributed by atoms with van der Waals surface area (Å²) < 4.78 is 10.7. The van der Waals surface area contributed by atoms with Crippen molar-refractivity contribution >= 4 is 29.1 Å². The summed E-state index contributed by atoms with van der Waals surface area (Å²) in [6.45, 7) is 1.99. The van der Waals surface area contributed by atoms with E-state index in [1.807, 2.05) is 43.3 Å². The third-order valence-corrected chi connectivity index (χ3v) is 7.78. The van der Waals surface area contributed by atoms with Crippen LogP contribution in [0.1, 0.15) is 32.7 Å². The van der Waals surface area contributed by atoms with E-state index in [4.69, 9.17) is 9.47 Å². The number of thiazole rings is 1. The summed E-state index contributed by atoms with van der Waals surface area (Å²) in [4.78, 5) is 28.2. The van der Waals surface area contributed by atoms with Crippen LogP contribution in [-0.4, -0.2) is 30.3 Å². The van der Waals surface area contributed by atoms with Gasteiger partial charge < -0.3 is 19.6 Å². The molecule has 2 heterocycles. The topological polar surface area (TPSA) is 88.6 Å². The Hall–Kier alpha value is -2.71. The van der Waals surface area contributed by atoms with Crippen LogP contribution < -0.4 is 14.3 Å². The lowest BCUT2D eigenvalue weighted by Gasteiger charge is -2.35. The van der Waals surface area contributed by atoms with E-state index in [1.165, 1.54) is 11.8 Å². The van der Waals surface area contributed by atoms with Crippen molar-refractivity contribution in [2.75, 3.05) is 14.2 Å². The fourth-order valence-electron chi connectivity index (χ4n) is 3.87. The number of hydrogen-bond acceptors (Lipinski definition) is 6. The Morgan fingerprint density at radius 1 is 1.03 bits per heavy atom. The van der Waals surface area contributed by atoms with Crippen molar-refractivity contribution < 1.29 is 19.4 Å². The number of carboxylic acid groups (broad SMARTS) is 1. The highest BCUT2D eigenvalue weighted by atomic mass is 32.2. The summed E-state index contributed by atoms with van der Waals surface area (Å²) in [6.07, 6.45) is 0. The maximum atomic E-state index is 12.5. The van der Waals surface area contributed by atoms with Crippen molar-refractivity contribution in [2.24, 2.45) is 5.92 Å². The molecule has 3 atom stereocenters. The second-order valence-electron chi connectivity index (χ2n) is 7.11. The van der Waals surface area contributed by atoms with E-state index in [0.29, 0.717) is 11.5 Å². The zero-order chi connectivity index (χ0) is 21.4. The molecule has 1 aliphatic rings. The minimum absolute atomic E-state index is 0.179. The van der Waals surface area contributed by atoms with Gasteiger partial charge in [-0.1, -0.05) is 59.0 Å². The van der Waals surface area contributed by atoms with E-state index in [-0.39, 0.29) is 4.87 Å². The smallest absolute Gasteiger partial charge is 0.308 e. The number of nitrogens with one attached hydrogen (secondary N) is 1. The highest BCUT2D eigenvalue weighted by Gasteiger charge is 2.45. The molecule has 156 valence electrons. The summed E-state index contributed by atoms with van der Waals surface area (Å²) in [5.74, 6) is -0.972. The van der Waals surface area contributed by atoms with Crippen molar-refractivity contribution in [2.45, 2.75) is 23.1 Å². The molecule has 0 saturated carbocycles. The van der Waals surface area contributed by atoms with Gasteiger partial charge in [0, 0.05) is 10.8 Å². The third-order valence-electron chi connectivity index (χ3n) is 5.31. The number of methoxy groups -OCH3 is 2. The maximum absolute atomic E-state index is 12.5. The molecule has 0 spiro atoms. The van der Waals surface area contributed by atoms with Crippen LogP contribution in [0.15, 0.2) is 52.3 Å². The Labute approximate surface area is 181 Å². The zero-order valence-electron chi connectivity index (χ0n) is 16.7. The molecule has 6 nitrogen and oxygen atoms in total. The quantitative estimate of drug-likeness (QED) is 0.606. The molecule has 8 heteroatoms. The van der Waals surface area contributed by atoms with Crippen LogP contribution in [0.4, 0.5) is 0 Å². The first-order valence-corrected chi connectivity index (χ1v) is 11.0. The van der Waals surface area contributed by atoms with Gasteiger partial charge in [0.05, 0.1) is 30.4 Å². The molecular formula is C22H21NO5S2. The molecule has 0 amide bonds. The first kappa shape index (κ1) is 20.6. The molecule has 4 rings (SSSR count). The third kappa shape index (κ3) is 3.61. The second-order valence-corrected chi connectivity index (χ2v) is 9.28. The van der Waals surface area contributed by atoms with Crippen LogP contribution in [0.2, 0.25) is 0 Å². The Balaban J connectivity index is 1.89. The standard InChI is InChI=1S/C22H21NO5S2/c1-11-4-6-12(7-5-11)16-17(21(24)25)18(29-20-19(16)30-22(26)23-20)13-8-9-14(27-2)15(10-13)28-3/h4-10,16-18H,1-3H3,(H,23,26)(H,24,25). The lowest BCUT2D eigenvalue weighted by Crippen LogP contribution is -2.30. The Bertz CT molecular complexity index is 1140. The SMILES string of the molecule is COc1ccc(C2Sc3[nH]c(=O)sc3C(c3ccc(C)cc3)C2C(=O)O)cc1OC. The number of aromatic nitrogens is 1. The molecule has 0 aliphatic carbocycles. The van der Waals surface area contributed by atoms with Gasteiger partial charge in [-0.25, -0.2) is 0 Å². The number of rotatable bonds is 5. The number of H-pyrrole nitrogens is 1. The van der Waals surface area contributed by atoms with Gasteiger partial charge in [-0.3, -0.25) is 9.59 Å². The molecule has 1 aliphatic heterocycles. The van der Waals surface area contributed by atoms with Gasteiger partial charge in [-0.2, -0.15) is 0 Å². The predicted molar refractivity (Wildman–Crippen MR) is 117 cm³/mol. The molecule has 3 unspecified atom stereocenters. The van der Waals surface area contributed by atoms with E-state index in [9.17, 15) is 14.7 Å². The monoisotopic (exact) mass is 443 g/mol. The molecule has 3 aromatic rings. The highest BCUT2D eigenvalue weighted by molar-refractivity contribution is 7.99. The fourth-order valence-corrected chi connectivity index (χ4v) is 6.46. The largest absolute Gasteiger partial charge is 0.493 e. The van der Waals surface area contributed by atoms with Gasteiger partial charge in [-0.05, 0) is 30.2 Å². The Kier molecular flexibility index (Phi) is 5.62. The van der Waals surface area contributed by atoms with E-state index in [0.717, 1.165) is 37.9 Å². The van der Waals surface area contributed by atoms with Gasteiger partial charge >= 0.3 is 10.8 Å². The van der Waals surface area contributed by atoms with Gasteiger partial charge in [0.1, 0.15) is 0 Å². The van der Waals surface area contributed by atoms with E-state index >= 15 is 0 Å². The molecule has 30 heavy (non-hydrogen) atoms. The van der Waals surface area contributed by atoms with Crippen molar-refractivity contribution in [3.8, 4) is 11.5 Å². The minimum atomic E-state index is -0.903. The van der Waals surface area contributed by atoms with E-state index in [2.05, 4.69) is 4.98 Å². The molecule has 0 saturated heterocycles. The van der Waals surface area contributed by atoms with E-state index < -0.39 is 23.1 Å². The van der Waals surface area contributed by atoms with Gasteiger partial charge in [-0.15, -0.1) is 0 Å². The molecule has 2 aromatic carbocycles. The van der Waals surface area contributed by atoms with Crippen LogP contribution in [-0.2, 0) is 4.79 Å². The fraction of sp³-hybridized carbons (Fsp3) is 0.273. The Morgan fingerprint density at radius 2 is 1.70 bits per heavy atom. The summed E-state index contributed by atoms with van der Waals surface area (Å²) in [7, 11) is 3.11. The number of thioether (sulfide) groups is 1. The average Bonchev–Trinajstić information content (AvgIpc) is 3.12. The molecule has 1 aromatic heterocycles. The lowest BCUT2D eigenvalue weighted by atomic mass is 9.80. The van der Waals surface area contributed by atoms with Crippen molar-refractivity contribution in [1.82, 2.24) is 4.98 Å². The summed E-state index contributed by atoms with van der Waals surface area (Å²) in [5, 5.41) is 10.6. The van der Waals surface area contributed by atoms with Crippen LogP contribution in [0.5, 0.6) is 11.5 Å². The van der Waals surface area contributed by atoms with Crippen LogP contribution >= 0.6 is 23.1 Å². The van der Waals surface area contributed by atoms with Crippen LogP contribution in [0, 0.1) is 12.8 Å². The summed E-state index contributed by atoms with van der Waals surface area (Å²) in [6, 6.07) is 13.3. The van der Waals surface area contributed by atoms with Gasteiger partial charge in [0.2, 0.25) is 0 Å². The number of aromatic amines is 1. The summed E-state index contributed by atoms with van der Waals surface area (Å²) >= 11 is 2.47. The number of carboxylic acids is 1. The molecule has 0 bridgehead atoms. The highest BCUT2D eigenvalue weighted by Crippen LogP contribution is 2.56. The molecule has 2 N–H and O–H groups in total. The number of fused-ring (bicyclic) bond motifs is 1. The number of carbonyl (C=O) groups is 1. The lowest BCUT2D eigenvalue weighted by molar-refractivity contribution is -0.142.